The van der Waals surface area contributed by atoms with E-state index >= 15 is 0 Å². The minimum atomic E-state index is 0.434. The van der Waals surface area contributed by atoms with E-state index in [1.807, 2.05) is 13.2 Å². The highest BCUT2D eigenvalue weighted by Gasteiger charge is 2.14. The number of rotatable bonds is 5. The summed E-state index contributed by atoms with van der Waals surface area (Å²) in [5.41, 5.74) is 0. The first-order valence-corrected chi connectivity index (χ1v) is 5.81. The maximum Gasteiger partial charge on any atom is 0.149 e. The van der Waals surface area contributed by atoms with Crippen LogP contribution in [0.3, 0.4) is 0 Å². The smallest absolute Gasteiger partial charge is 0.149 e. The van der Waals surface area contributed by atoms with Gasteiger partial charge in [-0.15, -0.1) is 0 Å². The molecule has 0 aliphatic rings. The number of nitrogens with zero attached hydrogens (tertiary/aromatic N) is 3. The summed E-state index contributed by atoms with van der Waals surface area (Å²) in [6, 6.07) is 0.434. The average Bonchev–Trinajstić information content (AvgIpc) is 2.25. The van der Waals surface area contributed by atoms with E-state index < -0.39 is 0 Å². The van der Waals surface area contributed by atoms with Gasteiger partial charge >= 0.3 is 0 Å². The molecule has 0 amide bonds. The highest BCUT2D eigenvalue weighted by atomic mass is 15.2. The summed E-state index contributed by atoms with van der Waals surface area (Å²) in [6.45, 7) is 9.78. The minimum absolute atomic E-state index is 0.434. The lowest BCUT2D eigenvalue weighted by atomic mass is 10.2. The highest BCUT2D eigenvalue weighted by molar-refractivity contribution is 5.44. The Morgan fingerprint density at radius 2 is 1.94 bits per heavy atom. The van der Waals surface area contributed by atoms with E-state index in [1.165, 1.54) is 0 Å². The number of hydrogen-bond donors (Lipinski definition) is 1. The lowest BCUT2D eigenvalue weighted by molar-refractivity contribution is 0.565. The molecule has 4 heteroatoms. The molecule has 0 bridgehead atoms. The normalized spacial score (nSPS) is 10.9. The van der Waals surface area contributed by atoms with E-state index in [0.29, 0.717) is 12.0 Å². The van der Waals surface area contributed by atoms with Crippen LogP contribution in [0.25, 0.3) is 0 Å². The third kappa shape index (κ3) is 3.36. The fourth-order valence-electron chi connectivity index (χ4n) is 1.58. The molecule has 0 fully saturated rings. The van der Waals surface area contributed by atoms with Gasteiger partial charge in [0.05, 0.1) is 12.4 Å². The Morgan fingerprint density at radius 3 is 2.44 bits per heavy atom. The van der Waals surface area contributed by atoms with Crippen LogP contribution < -0.4 is 10.2 Å². The molecule has 0 spiro atoms. The van der Waals surface area contributed by atoms with Gasteiger partial charge in [0.2, 0.25) is 0 Å². The molecule has 0 saturated heterocycles. The summed E-state index contributed by atoms with van der Waals surface area (Å²) in [4.78, 5) is 11.0. The Kier molecular flexibility index (Phi) is 4.52. The van der Waals surface area contributed by atoms with Crippen LogP contribution in [0.5, 0.6) is 0 Å². The van der Waals surface area contributed by atoms with Crippen LogP contribution in [-0.4, -0.2) is 29.6 Å². The average molecular weight is 222 g/mol. The van der Waals surface area contributed by atoms with Crippen molar-refractivity contribution < 1.29 is 0 Å². The van der Waals surface area contributed by atoms with Gasteiger partial charge in [0.15, 0.2) is 0 Å². The van der Waals surface area contributed by atoms with E-state index in [4.69, 9.17) is 0 Å². The van der Waals surface area contributed by atoms with Crippen LogP contribution in [0, 0.1) is 5.92 Å². The SMILES string of the molecule is CNc1cncc(N(CC(C)C)C(C)C)n1. The molecule has 0 atom stereocenters. The van der Waals surface area contributed by atoms with Gasteiger partial charge in [0.1, 0.15) is 11.6 Å². The second-order valence-corrected chi connectivity index (χ2v) is 4.65. The molecule has 0 aromatic carbocycles. The van der Waals surface area contributed by atoms with Crippen molar-refractivity contribution in [2.75, 3.05) is 23.8 Å². The molecule has 1 heterocycles. The molecule has 0 unspecified atom stereocenters. The zero-order chi connectivity index (χ0) is 12.1. The van der Waals surface area contributed by atoms with Gasteiger partial charge < -0.3 is 10.2 Å². The molecule has 0 saturated carbocycles. The largest absolute Gasteiger partial charge is 0.372 e. The molecule has 1 rings (SSSR count). The van der Waals surface area contributed by atoms with Gasteiger partial charge in [-0.25, -0.2) is 4.98 Å². The van der Waals surface area contributed by atoms with Crippen molar-refractivity contribution in [2.45, 2.75) is 33.7 Å². The van der Waals surface area contributed by atoms with Crippen LogP contribution in [0.1, 0.15) is 27.7 Å². The Balaban J connectivity index is 2.91. The summed E-state index contributed by atoms with van der Waals surface area (Å²) < 4.78 is 0. The fourth-order valence-corrected chi connectivity index (χ4v) is 1.58. The van der Waals surface area contributed by atoms with Gasteiger partial charge in [-0.05, 0) is 19.8 Å². The second kappa shape index (κ2) is 5.68. The monoisotopic (exact) mass is 222 g/mol. The number of hydrogen-bond acceptors (Lipinski definition) is 4. The van der Waals surface area contributed by atoms with E-state index in [0.717, 1.165) is 18.2 Å². The van der Waals surface area contributed by atoms with Gasteiger partial charge in [-0.3, -0.25) is 4.98 Å². The highest BCUT2D eigenvalue weighted by Crippen LogP contribution is 2.16. The van der Waals surface area contributed by atoms with Crippen LogP contribution in [-0.2, 0) is 0 Å². The minimum Gasteiger partial charge on any atom is -0.372 e. The molecule has 0 aliphatic carbocycles. The molecule has 4 nitrogen and oxygen atoms in total. The molecule has 1 aromatic rings. The van der Waals surface area contributed by atoms with E-state index in [9.17, 15) is 0 Å². The second-order valence-electron chi connectivity index (χ2n) is 4.65. The van der Waals surface area contributed by atoms with Crippen LogP contribution in [0.2, 0.25) is 0 Å². The Bertz CT molecular complexity index is 323. The third-order valence-corrected chi connectivity index (χ3v) is 2.36. The zero-order valence-electron chi connectivity index (χ0n) is 10.9. The van der Waals surface area contributed by atoms with Crippen molar-refractivity contribution >= 4 is 11.6 Å². The zero-order valence-corrected chi connectivity index (χ0v) is 10.9. The predicted molar refractivity (Wildman–Crippen MR) is 68.9 cm³/mol. The van der Waals surface area contributed by atoms with Crippen LogP contribution in [0.15, 0.2) is 12.4 Å². The quantitative estimate of drug-likeness (QED) is 0.830. The van der Waals surface area contributed by atoms with Gasteiger partial charge in [0, 0.05) is 19.6 Å². The van der Waals surface area contributed by atoms with Crippen molar-refractivity contribution in [1.29, 1.82) is 0 Å². The van der Waals surface area contributed by atoms with Crippen molar-refractivity contribution in [1.82, 2.24) is 9.97 Å². The molecule has 0 aliphatic heterocycles. The third-order valence-electron chi connectivity index (χ3n) is 2.36. The van der Waals surface area contributed by atoms with E-state index in [1.54, 1.807) is 6.20 Å². The summed E-state index contributed by atoms with van der Waals surface area (Å²) in [5.74, 6) is 2.37. The van der Waals surface area contributed by atoms with Crippen molar-refractivity contribution in [2.24, 2.45) is 5.92 Å². The molecular formula is C12H22N4. The maximum atomic E-state index is 4.52. The molecule has 1 N–H and O–H groups in total. The first-order chi connectivity index (χ1) is 7.54. The Labute approximate surface area is 98.1 Å². The van der Waals surface area contributed by atoms with Gasteiger partial charge in [-0.1, -0.05) is 13.8 Å². The Hall–Kier alpha value is -1.32. The standard InChI is InChI=1S/C12H22N4/c1-9(2)8-16(10(3)4)12-7-14-6-11(13-5)15-12/h6-7,9-10H,8H2,1-5H3,(H,13,15). The van der Waals surface area contributed by atoms with Crippen LogP contribution >= 0.6 is 0 Å². The topological polar surface area (TPSA) is 41.1 Å². The molecule has 16 heavy (non-hydrogen) atoms. The summed E-state index contributed by atoms with van der Waals surface area (Å²) in [5, 5.41) is 3.01. The van der Waals surface area contributed by atoms with E-state index in [-0.39, 0.29) is 0 Å². The summed E-state index contributed by atoms with van der Waals surface area (Å²) in [7, 11) is 1.86. The summed E-state index contributed by atoms with van der Waals surface area (Å²) in [6.07, 6.45) is 3.56. The molecular weight excluding hydrogens is 200 g/mol. The fraction of sp³-hybridized carbons (Fsp3) is 0.667. The first kappa shape index (κ1) is 12.7. The van der Waals surface area contributed by atoms with Gasteiger partial charge in [0.25, 0.3) is 0 Å². The number of nitrogens with one attached hydrogen (secondary N) is 1. The number of aromatic nitrogens is 2. The molecule has 0 radical (unpaired) electrons. The lowest BCUT2D eigenvalue weighted by Crippen LogP contribution is -2.35. The maximum absolute atomic E-state index is 4.52. The van der Waals surface area contributed by atoms with Crippen molar-refractivity contribution in [3.63, 3.8) is 0 Å². The van der Waals surface area contributed by atoms with Crippen molar-refractivity contribution in [3.05, 3.63) is 12.4 Å². The van der Waals surface area contributed by atoms with Crippen molar-refractivity contribution in [3.8, 4) is 0 Å². The first-order valence-electron chi connectivity index (χ1n) is 5.81. The van der Waals surface area contributed by atoms with E-state index in [2.05, 4.69) is 47.9 Å². The molecule has 90 valence electrons. The Morgan fingerprint density at radius 1 is 1.25 bits per heavy atom. The van der Waals surface area contributed by atoms with Crippen LogP contribution in [0.4, 0.5) is 11.6 Å². The molecule has 1 aromatic heterocycles. The lowest BCUT2D eigenvalue weighted by Gasteiger charge is -2.29. The van der Waals surface area contributed by atoms with Gasteiger partial charge in [-0.2, -0.15) is 0 Å². The predicted octanol–water partition coefficient (Wildman–Crippen LogP) is 2.39. The summed E-state index contributed by atoms with van der Waals surface area (Å²) >= 11 is 0. The number of anilines is 2.